The van der Waals surface area contributed by atoms with Crippen molar-refractivity contribution in [2.75, 3.05) is 17.7 Å². The van der Waals surface area contributed by atoms with Crippen molar-refractivity contribution in [2.45, 2.75) is 32.7 Å². The van der Waals surface area contributed by atoms with Crippen LogP contribution in [0, 0.1) is 5.92 Å². The van der Waals surface area contributed by atoms with Gasteiger partial charge < -0.3 is 15.8 Å². The molecule has 0 spiro atoms. The number of anilines is 2. The Balaban J connectivity index is 2.19. The second kappa shape index (κ2) is 5.25. The smallest absolute Gasteiger partial charge is 0.341 e. The zero-order valence-electron chi connectivity index (χ0n) is 10.8. The molecule has 98 valence electrons. The van der Waals surface area contributed by atoms with Crippen LogP contribution in [0.1, 0.15) is 37.0 Å². The third-order valence-corrected chi connectivity index (χ3v) is 3.10. The lowest BCUT2D eigenvalue weighted by Crippen LogP contribution is -2.21. The molecule has 1 saturated carbocycles. The minimum Gasteiger partial charge on any atom is -0.462 e. The molecule has 5 heteroatoms. The number of carbonyl (C=O) groups excluding carboxylic acids is 1. The largest absolute Gasteiger partial charge is 0.462 e. The Kier molecular flexibility index (Phi) is 3.69. The van der Waals surface area contributed by atoms with Crippen molar-refractivity contribution in [1.82, 2.24) is 4.98 Å². The molecule has 5 nitrogen and oxygen atoms in total. The van der Waals surface area contributed by atoms with E-state index in [-0.39, 0.29) is 5.97 Å². The van der Waals surface area contributed by atoms with E-state index in [1.54, 1.807) is 19.2 Å². The Morgan fingerprint density at radius 3 is 3.00 bits per heavy atom. The van der Waals surface area contributed by atoms with Crippen LogP contribution in [0.15, 0.2) is 12.3 Å². The van der Waals surface area contributed by atoms with E-state index >= 15 is 0 Å². The van der Waals surface area contributed by atoms with E-state index < -0.39 is 0 Å². The summed E-state index contributed by atoms with van der Waals surface area (Å²) in [6.07, 6.45) is 4.01. The van der Waals surface area contributed by atoms with Crippen molar-refractivity contribution in [1.29, 1.82) is 0 Å². The highest BCUT2D eigenvalue weighted by atomic mass is 16.5. The fourth-order valence-electron chi connectivity index (χ4n) is 1.89. The van der Waals surface area contributed by atoms with Gasteiger partial charge in [0.1, 0.15) is 11.4 Å². The number of rotatable bonds is 5. The summed E-state index contributed by atoms with van der Waals surface area (Å²) in [6.45, 7) is 4.22. The maximum atomic E-state index is 11.8. The van der Waals surface area contributed by atoms with Crippen molar-refractivity contribution in [3.63, 3.8) is 0 Å². The summed E-state index contributed by atoms with van der Waals surface area (Å²) in [4.78, 5) is 16.0. The predicted molar refractivity (Wildman–Crippen MR) is 70.4 cm³/mol. The first-order chi connectivity index (χ1) is 8.61. The third kappa shape index (κ3) is 2.91. The molecule has 0 radical (unpaired) electrons. The predicted octanol–water partition coefficient (Wildman–Crippen LogP) is 2.05. The number of nitrogens with zero attached hydrogens (tertiary/aromatic N) is 1. The molecule has 1 unspecified atom stereocenters. The first-order valence-electron chi connectivity index (χ1n) is 6.31. The van der Waals surface area contributed by atoms with E-state index in [1.807, 2.05) is 0 Å². The fourth-order valence-corrected chi connectivity index (χ4v) is 1.89. The van der Waals surface area contributed by atoms with Gasteiger partial charge in [-0.2, -0.15) is 0 Å². The van der Waals surface area contributed by atoms with E-state index in [9.17, 15) is 4.79 Å². The van der Waals surface area contributed by atoms with Crippen molar-refractivity contribution in [3.8, 4) is 0 Å². The number of nitrogen functional groups attached to an aromatic ring is 1. The first kappa shape index (κ1) is 12.7. The molecule has 0 aromatic carbocycles. The Morgan fingerprint density at radius 1 is 1.67 bits per heavy atom. The normalized spacial score (nSPS) is 16.1. The molecule has 0 saturated heterocycles. The van der Waals surface area contributed by atoms with Crippen molar-refractivity contribution in [2.24, 2.45) is 5.92 Å². The number of ether oxygens (including phenoxy) is 1. The number of nitrogens with one attached hydrogen (secondary N) is 1. The van der Waals surface area contributed by atoms with Gasteiger partial charge >= 0.3 is 5.97 Å². The first-order valence-corrected chi connectivity index (χ1v) is 6.31. The summed E-state index contributed by atoms with van der Waals surface area (Å²) in [6, 6.07) is 1.92. The minimum absolute atomic E-state index is 0.314. The number of hydrogen-bond acceptors (Lipinski definition) is 5. The zero-order valence-corrected chi connectivity index (χ0v) is 10.8. The molecule has 1 heterocycles. The van der Waals surface area contributed by atoms with Gasteiger partial charge in [-0.15, -0.1) is 0 Å². The Morgan fingerprint density at radius 2 is 2.39 bits per heavy atom. The zero-order chi connectivity index (χ0) is 13.1. The summed E-state index contributed by atoms with van der Waals surface area (Å²) < 4.78 is 5.01. The van der Waals surface area contributed by atoms with Gasteiger partial charge in [-0.05, 0) is 38.7 Å². The molecule has 1 aliphatic carbocycles. The molecule has 18 heavy (non-hydrogen) atoms. The van der Waals surface area contributed by atoms with Gasteiger partial charge in [-0.3, -0.25) is 0 Å². The molecule has 0 bridgehead atoms. The van der Waals surface area contributed by atoms with Crippen LogP contribution in [0.5, 0.6) is 0 Å². The van der Waals surface area contributed by atoms with E-state index in [1.165, 1.54) is 12.8 Å². The molecule has 0 amide bonds. The van der Waals surface area contributed by atoms with Crippen LogP contribution in [0.25, 0.3) is 0 Å². The van der Waals surface area contributed by atoms with Gasteiger partial charge in [-0.25, -0.2) is 9.78 Å². The van der Waals surface area contributed by atoms with Crippen LogP contribution in [0.3, 0.4) is 0 Å². The highest BCUT2D eigenvalue weighted by Gasteiger charge is 2.29. The van der Waals surface area contributed by atoms with E-state index in [0.29, 0.717) is 35.6 Å². The maximum absolute atomic E-state index is 11.8. The average Bonchev–Trinajstić information content (AvgIpc) is 3.15. The number of esters is 1. The number of aromatic nitrogens is 1. The van der Waals surface area contributed by atoms with Crippen molar-refractivity contribution in [3.05, 3.63) is 17.8 Å². The molecule has 1 aromatic heterocycles. The fraction of sp³-hybridized carbons (Fsp3) is 0.538. The molecule has 1 aromatic rings. The Hall–Kier alpha value is -1.78. The van der Waals surface area contributed by atoms with E-state index in [4.69, 9.17) is 10.5 Å². The second-order valence-electron chi connectivity index (χ2n) is 4.66. The topological polar surface area (TPSA) is 77.2 Å². The van der Waals surface area contributed by atoms with Crippen molar-refractivity contribution >= 4 is 17.5 Å². The number of carbonyl (C=O) groups is 1. The van der Waals surface area contributed by atoms with Crippen LogP contribution in [0.2, 0.25) is 0 Å². The lowest BCUT2D eigenvalue weighted by atomic mass is 10.2. The molecular formula is C13H19N3O2. The lowest BCUT2D eigenvalue weighted by molar-refractivity contribution is 0.0527. The second-order valence-corrected chi connectivity index (χ2v) is 4.66. The van der Waals surface area contributed by atoms with Crippen LogP contribution in [-0.4, -0.2) is 23.6 Å². The summed E-state index contributed by atoms with van der Waals surface area (Å²) in [5, 5.41) is 3.27. The van der Waals surface area contributed by atoms with E-state index in [0.717, 1.165) is 0 Å². The van der Waals surface area contributed by atoms with Gasteiger partial charge in [0.05, 0.1) is 18.5 Å². The molecule has 2 rings (SSSR count). The van der Waals surface area contributed by atoms with Crippen molar-refractivity contribution < 1.29 is 9.53 Å². The number of pyridine rings is 1. The highest BCUT2D eigenvalue weighted by Crippen LogP contribution is 2.34. The van der Waals surface area contributed by atoms with Crippen LogP contribution >= 0.6 is 0 Å². The average molecular weight is 249 g/mol. The van der Waals surface area contributed by atoms with Crippen LogP contribution in [0.4, 0.5) is 11.5 Å². The van der Waals surface area contributed by atoms with Gasteiger partial charge in [-0.1, -0.05) is 0 Å². The van der Waals surface area contributed by atoms with Gasteiger partial charge in [0.15, 0.2) is 0 Å². The summed E-state index contributed by atoms with van der Waals surface area (Å²) in [5.74, 6) is 0.851. The monoisotopic (exact) mass is 249 g/mol. The van der Waals surface area contributed by atoms with Crippen LogP contribution < -0.4 is 11.1 Å². The minimum atomic E-state index is -0.386. The Bertz CT molecular complexity index is 444. The number of nitrogens with two attached hydrogens (primary N) is 1. The standard InChI is InChI=1S/C13H19N3O2/c1-3-18-13(17)11-6-10(14)7-15-12(11)16-8(2)9-4-5-9/h6-9H,3-5,14H2,1-2H3,(H,15,16). The van der Waals surface area contributed by atoms with Crippen LogP contribution in [-0.2, 0) is 4.74 Å². The third-order valence-electron chi connectivity index (χ3n) is 3.10. The molecule has 1 atom stereocenters. The van der Waals surface area contributed by atoms with Gasteiger partial charge in [0.2, 0.25) is 0 Å². The molecule has 1 fully saturated rings. The summed E-state index contributed by atoms with van der Waals surface area (Å²) in [5.41, 5.74) is 6.53. The Labute approximate surface area is 107 Å². The SMILES string of the molecule is CCOC(=O)c1cc(N)cnc1NC(C)C1CC1. The summed E-state index contributed by atoms with van der Waals surface area (Å²) in [7, 11) is 0. The lowest BCUT2D eigenvalue weighted by Gasteiger charge is -2.16. The summed E-state index contributed by atoms with van der Waals surface area (Å²) >= 11 is 0. The van der Waals surface area contributed by atoms with Gasteiger partial charge in [0, 0.05) is 6.04 Å². The molecular weight excluding hydrogens is 230 g/mol. The highest BCUT2D eigenvalue weighted by molar-refractivity contribution is 5.95. The quantitative estimate of drug-likeness (QED) is 0.781. The molecule has 0 aliphatic heterocycles. The van der Waals surface area contributed by atoms with Gasteiger partial charge in [0.25, 0.3) is 0 Å². The number of hydrogen-bond donors (Lipinski definition) is 2. The molecule has 1 aliphatic rings. The van der Waals surface area contributed by atoms with E-state index in [2.05, 4.69) is 17.2 Å². The molecule has 3 N–H and O–H groups in total. The maximum Gasteiger partial charge on any atom is 0.341 e.